The van der Waals surface area contributed by atoms with Crippen LogP contribution in [0, 0.1) is 5.92 Å². The van der Waals surface area contributed by atoms with Crippen LogP contribution in [0.3, 0.4) is 0 Å². The van der Waals surface area contributed by atoms with Crippen molar-refractivity contribution in [1.29, 1.82) is 0 Å². The smallest absolute Gasteiger partial charge is 0.325 e. The highest BCUT2D eigenvalue weighted by molar-refractivity contribution is 5.94. The molecule has 13 nitrogen and oxygen atoms in total. The minimum atomic E-state index is -1.23. The molecule has 0 aliphatic rings. The van der Waals surface area contributed by atoms with Crippen LogP contribution in [0.2, 0.25) is 0 Å². The van der Waals surface area contributed by atoms with Crippen molar-refractivity contribution in [3.63, 3.8) is 0 Å². The molecule has 0 saturated heterocycles. The molecule has 0 saturated carbocycles. The second kappa shape index (κ2) is 15.3. The average Bonchev–Trinajstić information content (AvgIpc) is 2.84. The summed E-state index contributed by atoms with van der Waals surface area (Å²) in [5.41, 5.74) is 17.4. The summed E-state index contributed by atoms with van der Waals surface area (Å²) in [6, 6.07) is 2.05. The summed E-state index contributed by atoms with van der Waals surface area (Å²) in [6.07, 6.45) is 1.19. The molecule has 0 aromatic heterocycles. The molecule has 0 bridgehead atoms. The van der Waals surface area contributed by atoms with Crippen LogP contribution in [0.1, 0.15) is 45.6 Å². The molecular weight excluding hydrogens is 482 g/mol. The zero-order valence-electron chi connectivity index (χ0n) is 21.4. The lowest BCUT2D eigenvalue weighted by atomic mass is 9.96. The van der Waals surface area contributed by atoms with Crippen molar-refractivity contribution in [3.8, 4) is 5.75 Å². The van der Waals surface area contributed by atoms with E-state index < -0.39 is 47.9 Å². The third kappa shape index (κ3) is 11.2. The van der Waals surface area contributed by atoms with E-state index in [4.69, 9.17) is 22.3 Å². The van der Waals surface area contributed by atoms with Gasteiger partial charge in [-0.2, -0.15) is 0 Å². The average molecular weight is 522 g/mol. The molecule has 1 aromatic carbocycles. The van der Waals surface area contributed by atoms with Gasteiger partial charge in [0.2, 0.25) is 17.7 Å². The first-order valence-corrected chi connectivity index (χ1v) is 12.1. The van der Waals surface area contributed by atoms with Crippen LogP contribution in [0.4, 0.5) is 0 Å². The minimum Gasteiger partial charge on any atom is -0.508 e. The number of nitrogens with zero attached hydrogens (tertiary/aromatic N) is 1. The predicted octanol–water partition coefficient (Wildman–Crippen LogP) is -1.08. The lowest BCUT2D eigenvalue weighted by molar-refractivity contribution is -0.142. The molecule has 11 N–H and O–H groups in total. The van der Waals surface area contributed by atoms with Gasteiger partial charge in [0.05, 0.1) is 6.04 Å². The van der Waals surface area contributed by atoms with E-state index >= 15 is 0 Å². The van der Waals surface area contributed by atoms with Gasteiger partial charge in [0, 0.05) is 6.54 Å². The fourth-order valence-corrected chi connectivity index (χ4v) is 3.35. The van der Waals surface area contributed by atoms with Gasteiger partial charge < -0.3 is 43.4 Å². The molecule has 0 spiro atoms. The number of phenolic OH excluding ortho intramolecular Hbond substituents is 1. The van der Waals surface area contributed by atoms with Crippen LogP contribution in [0.25, 0.3) is 0 Å². The number of nitrogens with one attached hydrogen (secondary N) is 3. The number of amides is 3. The van der Waals surface area contributed by atoms with Gasteiger partial charge in [0.1, 0.15) is 23.9 Å². The Bertz CT molecular complexity index is 949. The number of carboxylic acid groups (broad SMARTS) is 1. The Morgan fingerprint density at radius 3 is 2.14 bits per heavy atom. The Labute approximate surface area is 216 Å². The lowest BCUT2D eigenvalue weighted by Gasteiger charge is -2.27. The van der Waals surface area contributed by atoms with Crippen molar-refractivity contribution in [2.24, 2.45) is 28.1 Å². The predicted molar refractivity (Wildman–Crippen MR) is 138 cm³/mol. The second-order valence-corrected chi connectivity index (χ2v) is 8.93. The molecule has 1 rings (SSSR count). The van der Waals surface area contributed by atoms with Gasteiger partial charge in [-0.1, -0.05) is 32.4 Å². The van der Waals surface area contributed by atoms with E-state index in [9.17, 15) is 24.3 Å². The molecule has 0 aliphatic carbocycles. The third-order valence-corrected chi connectivity index (χ3v) is 5.83. The number of guanidine groups is 1. The number of carboxylic acids is 1. The highest BCUT2D eigenvalue weighted by atomic mass is 16.4. The number of carbonyl (C=O) groups is 4. The number of phenols is 1. The van der Waals surface area contributed by atoms with Crippen LogP contribution in [-0.4, -0.2) is 70.6 Å². The minimum absolute atomic E-state index is 0.0879. The molecule has 5 unspecified atom stereocenters. The molecule has 1 aromatic rings. The van der Waals surface area contributed by atoms with Crippen LogP contribution in [0.5, 0.6) is 5.75 Å². The van der Waals surface area contributed by atoms with Crippen LogP contribution in [0.15, 0.2) is 29.3 Å². The van der Waals surface area contributed by atoms with Gasteiger partial charge in [0.15, 0.2) is 5.96 Å². The number of aromatic hydroxyl groups is 1. The standard InChI is InChI=1S/C24H39N7O6/c1-4-13(2)19(31-20(33)17(25)12-15-7-9-16(32)10-8-15)22(35)30-18(6-5-11-28-24(26)27)21(34)29-14(3)23(36)37/h7-10,13-14,17-19,32H,4-6,11-12,25H2,1-3H3,(H,29,34)(H,30,35)(H,31,33)(H,36,37)(H4,26,27,28). The van der Waals surface area contributed by atoms with E-state index in [2.05, 4.69) is 20.9 Å². The van der Waals surface area contributed by atoms with Gasteiger partial charge in [0.25, 0.3) is 0 Å². The van der Waals surface area contributed by atoms with E-state index in [1.54, 1.807) is 19.1 Å². The molecule has 13 heteroatoms. The molecular formula is C24H39N7O6. The third-order valence-electron chi connectivity index (χ3n) is 5.83. The summed E-state index contributed by atoms with van der Waals surface area (Å²) >= 11 is 0. The molecule has 206 valence electrons. The summed E-state index contributed by atoms with van der Waals surface area (Å²) in [4.78, 5) is 53.8. The number of aliphatic imine (C=N–C) groups is 1. The Morgan fingerprint density at radius 2 is 1.59 bits per heavy atom. The monoisotopic (exact) mass is 521 g/mol. The number of aliphatic carboxylic acids is 1. The van der Waals surface area contributed by atoms with Gasteiger partial charge in [-0.05, 0) is 49.8 Å². The maximum atomic E-state index is 13.2. The first-order chi connectivity index (χ1) is 17.3. The van der Waals surface area contributed by atoms with E-state index in [0.29, 0.717) is 12.8 Å². The number of hydrogen-bond donors (Lipinski definition) is 8. The van der Waals surface area contributed by atoms with Crippen LogP contribution < -0.4 is 33.2 Å². The van der Waals surface area contributed by atoms with E-state index in [1.807, 2.05) is 6.92 Å². The van der Waals surface area contributed by atoms with E-state index in [-0.39, 0.29) is 37.0 Å². The number of nitrogens with two attached hydrogens (primary N) is 3. The molecule has 0 aliphatic heterocycles. The zero-order valence-corrected chi connectivity index (χ0v) is 21.4. The number of rotatable bonds is 15. The molecule has 37 heavy (non-hydrogen) atoms. The van der Waals surface area contributed by atoms with Gasteiger partial charge in [-0.25, -0.2) is 0 Å². The van der Waals surface area contributed by atoms with Crippen molar-refractivity contribution in [2.45, 2.75) is 70.6 Å². The van der Waals surface area contributed by atoms with Crippen molar-refractivity contribution >= 4 is 29.7 Å². The zero-order chi connectivity index (χ0) is 28.1. The quantitative estimate of drug-likeness (QED) is 0.0794. The molecule has 0 radical (unpaired) electrons. The summed E-state index contributed by atoms with van der Waals surface area (Å²) in [5.74, 6) is -3.41. The van der Waals surface area contributed by atoms with E-state index in [0.717, 1.165) is 5.56 Å². The second-order valence-electron chi connectivity index (χ2n) is 8.93. The maximum Gasteiger partial charge on any atom is 0.325 e. The Kier molecular flexibility index (Phi) is 12.9. The lowest BCUT2D eigenvalue weighted by Crippen LogP contribution is -2.58. The van der Waals surface area contributed by atoms with Crippen molar-refractivity contribution in [3.05, 3.63) is 29.8 Å². The normalized spacial score (nSPS) is 14.8. The first-order valence-electron chi connectivity index (χ1n) is 12.1. The largest absolute Gasteiger partial charge is 0.508 e. The van der Waals surface area contributed by atoms with Gasteiger partial charge in [-0.3, -0.25) is 24.2 Å². The van der Waals surface area contributed by atoms with Crippen molar-refractivity contribution in [2.75, 3.05) is 6.54 Å². The highest BCUT2D eigenvalue weighted by Crippen LogP contribution is 2.13. The highest BCUT2D eigenvalue weighted by Gasteiger charge is 2.31. The first kappa shape index (κ1) is 31.2. The van der Waals surface area contributed by atoms with E-state index in [1.165, 1.54) is 19.1 Å². The Hall–Kier alpha value is -3.87. The molecule has 5 atom stereocenters. The van der Waals surface area contributed by atoms with Gasteiger partial charge >= 0.3 is 5.97 Å². The van der Waals surface area contributed by atoms with Crippen LogP contribution in [-0.2, 0) is 25.6 Å². The van der Waals surface area contributed by atoms with Crippen LogP contribution >= 0.6 is 0 Å². The number of carbonyl (C=O) groups excluding carboxylic acids is 3. The SMILES string of the molecule is CCC(C)C(NC(=O)C(N)Cc1ccc(O)cc1)C(=O)NC(CCCN=C(N)N)C(=O)NC(C)C(=O)O. The van der Waals surface area contributed by atoms with Crippen molar-refractivity contribution < 1.29 is 29.4 Å². The number of benzene rings is 1. The summed E-state index contributed by atoms with van der Waals surface area (Å²) in [6.45, 7) is 5.13. The molecule has 3 amide bonds. The Balaban J connectivity index is 2.97. The van der Waals surface area contributed by atoms with Crippen molar-refractivity contribution in [1.82, 2.24) is 16.0 Å². The maximum absolute atomic E-state index is 13.2. The fraction of sp³-hybridized carbons (Fsp3) is 0.542. The molecule has 0 heterocycles. The summed E-state index contributed by atoms with van der Waals surface area (Å²) < 4.78 is 0. The fourth-order valence-electron chi connectivity index (χ4n) is 3.35. The summed E-state index contributed by atoms with van der Waals surface area (Å²) in [5, 5.41) is 26.2. The number of hydrogen-bond acceptors (Lipinski definition) is 7. The van der Waals surface area contributed by atoms with Gasteiger partial charge in [-0.15, -0.1) is 0 Å². The molecule has 0 fully saturated rings. The topological polar surface area (TPSA) is 235 Å². The summed E-state index contributed by atoms with van der Waals surface area (Å²) in [7, 11) is 0. The Morgan fingerprint density at radius 1 is 0.973 bits per heavy atom.